The summed E-state index contributed by atoms with van der Waals surface area (Å²) >= 11 is 0. The lowest BCUT2D eigenvalue weighted by atomic mass is 10.2. The normalized spacial score (nSPS) is 17.2. The summed E-state index contributed by atoms with van der Waals surface area (Å²) in [5, 5.41) is 3.16. The predicted octanol–water partition coefficient (Wildman–Crippen LogP) is 3.12. The average Bonchev–Trinajstić information content (AvgIpc) is 2.63. The number of alkyl halides is 3. The van der Waals surface area contributed by atoms with Crippen LogP contribution in [-0.2, 0) is 6.18 Å². The van der Waals surface area contributed by atoms with E-state index in [-0.39, 0.29) is 6.04 Å². The molecule has 0 spiro atoms. The van der Waals surface area contributed by atoms with Crippen LogP contribution in [0, 0.1) is 0 Å². The summed E-state index contributed by atoms with van der Waals surface area (Å²) in [7, 11) is 0. The van der Waals surface area contributed by atoms with Crippen LogP contribution in [0.15, 0.2) is 42.7 Å². The SMILES string of the molecule is CC(CN1CCN(c2ccccn2)CC1)Nc1ccc(C(F)(F)F)cn1. The highest BCUT2D eigenvalue weighted by Gasteiger charge is 2.30. The van der Waals surface area contributed by atoms with E-state index in [0.717, 1.165) is 50.8 Å². The summed E-state index contributed by atoms with van der Waals surface area (Å²) in [6.07, 6.45) is -1.70. The summed E-state index contributed by atoms with van der Waals surface area (Å²) in [4.78, 5) is 12.8. The highest BCUT2D eigenvalue weighted by molar-refractivity contribution is 5.39. The van der Waals surface area contributed by atoms with Crippen LogP contribution in [0.25, 0.3) is 0 Å². The molecule has 8 heteroatoms. The van der Waals surface area contributed by atoms with Gasteiger partial charge < -0.3 is 10.2 Å². The number of nitrogens with zero attached hydrogens (tertiary/aromatic N) is 4. The standard InChI is InChI=1S/C18H22F3N5/c1-14(24-16-6-5-15(12-23-16)18(19,20)21)13-25-8-10-26(11-9-25)17-4-2-3-7-22-17/h2-7,12,14H,8-11,13H2,1H3,(H,23,24). The van der Waals surface area contributed by atoms with Gasteiger partial charge in [-0.2, -0.15) is 13.2 Å². The topological polar surface area (TPSA) is 44.3 Å². The minimum absolute atomic E-state index is 0.0839. The fourth-order valence-electron chi connectivity index (χ4n) is 3.03. The van der Waals surface area contributed by atoms with Gasteiger partial charge in [0.05, 0.1) is 5.56 Å². The van der Waals surface area contributed by atoms with E-state index in [1.165, 1.54) is 6.07 Å². The van der Waals surface area contributed by atoms with Crippen LogP contribution in [0.4, 0.5) is 24.8 Å². The third-order valence-corrected chi connectivity index (χ3v) is 4.36. The van der Waals surface area contributed by atoms with Crippen LogP contribution < -0.4 is 10.2 Å². The molecule has 0 amide bonds. The molecule has 1 aliphatic rings. The molecule has 3 heterocycles. The second-order valence-corrected chi connectivity index (χ2v) is 6.45. The first-order chi connectivity index (χ1) is 12.4. The van der Waals surface area contributed by atoms with Crippen LogP contribution in [0.5, 0.6) is 0 Å². The number of hydrogen-bond donors (Lipinski definition) is 1. The number of aromatic nitrogens is 2. The lowest BCUT2D eigenvalue weighted by Crippen LogP contribution is -2.49. The van der Waals surface area contributed by atoms with Crippen molar-refractivity contribution in [3.63, 3.8) is 0 Å². The number of hydrogen-bond acceptors (Lipinski definition) is 5. The van der Waals surface area contributed by atoms with Crippen LogP contribution in [-0.4, -0.2) is 53.6 Å². The monoisotopic (exact) mass is 365 g/mol. The van der Waals surface area contributed by atoms with E-state index in [2.05, 4.69) is 25.1 Å². The first kappa shape index (κ1) is 18.4. The van der Waals surface area contributed by atoms with Crippen molar-refractivity contribution in [1.29, 1.82) is 0 Å². The number of halogens is 3. The summed E-state index contributed by atoms with van der Waals surface area (Å²) in [6, 6.07) is 8.41. The summed E-state index contributed by atoms with van der Waals surface area (Å²) in [5.41, 5.74) is -0.735. The number of anilines is 2. The molecule has 5 nitrogen and oxygen atoms in total. The minimum atomic E-state index is -4.36. The van der Waals surface area contributed by atoms with Gasteiger partial charge in [0.2, 0.25) is 0 Å². The fraction of sp³-hybridized carbons (Fsp3) is 0.444. The molecule has 0 aliphatic carbocycles. The largest absolute Gasteiger partial charge is 0.417 e. The molecule has 1 N–H and O–H groups in total. The Morgan fingerprint density at radius 3 is 2.42 bits per heavy atom. The van der Waals surface area contributed by atoms with Crippen molar-refractivity contribution in [2.75, 3.05) is 42.9 Å². The fourth-order valence-corrected chi connectivity index (χ4v) is 3.03. The maximum Gasteiger partial charge on any atom is 0.417 e. The average molecular weight is 365 g/mol. The number of rotatable bonds is 5. The van der Waals surface area contributed by atoms with Gasteiger partial charge in [0, 0.05) is 51.2 Å². The van der Waals surface area contributed by atoms with E-state index in [1.54, 1.807) is 6.20 Å². The van der Waals surface area contributed by atoms with Crippen molar-refractivity contribution in [3.05, 3.63) is 48.3 Å². The second kappa shape index (κ2) is 7.90. The van der Waals surface area contributed by atoms with Gasteiger partial charge in [-0.3, -0.25) is 4.90 Å². The van der Waals surface area contributed by atoms with Crippen molar-refractivity contribution >= 4 is 11.6 Å². The minimum Gasteiger partial charge on any atom is -0.366 e. The van der Waals surface area contributed by atoms with Gasteiger partial charge in [0.1, 0.15) is 11.6 Å². The Labute approximate surface area is 150 Å². The smallest absolute Gasteiger partial charge is 0.366 e. The van der Waals surface area contributed by atoms with Gasteiger partial charge in [0.15, 0.2) is 0 Å². The van der Waals surface area contributed by atoms with E-state index < -0.39 is 11.7 Å². The van der Waals surface area contributed by atoms with Gasteiger partial charge in [-0.05, 0) is 31.2 Å². The number of piperazine rings is 1. The van der Waals surface area contributed by atoms with Crippen molar-refractivity contribution in [1.82, 2.24) is 14.9 Å². The van der Waals surface area contributed by atoms with Crippen molar-refractivity contribution < 1.29 is 13.2 Å². The van der Waals surface area contributed by atoms with Gasteiger partial charge in [-0.15, -0.1) is 0 Å². The molecule has 1 atom stereocenters. The molecule has 1 fully saturated rings. The number of pyridine rings is 2. The molecule has 1 saturated heterocycles. The zero-order chi connectivity index (χ0) is 18.6. The third-order valence-electron chi connectivity index (χ3n) is 4.36. The van der Waals surface area contributed by atoms with Crippen molar-refractivity contribution in [2.45, 2.75) is 19.1 Å². The van der Waals surface area contributed by atoms with E-state index in [1.807, 2.05) is 25.1 Å². The van der Waals surface area contributed by atoms with E-state index in [9.17, 15) is 13.2 Å². The Hall–Kier alpha value is -2.35. The van der Waals surface area contributed by atoms with Crippen molar-refractivity contribution in [2.24, 2.45) is 0 Å². The Morgan fingerprint density at radius 2 is 1.85 bits per heavy atom. The third kappa shape index (κ3) is 4.85. The highest BCUT2D eigenvalue weighted by atomic mass is 19.4. The Balaban J connectivity index is 1.46. The van der Waals surface area contributed by atoms with E-state index >= 15 is 0 Å². The van der Waals surface area contributed by atoms with Crippen LogP contribution in [0.1, 0.15) is 12.5 Å². The van der Waals surface area contributed by atoms with Crippen LogP contribution >= 0.6 is 0 Å². The summed E-state index contributed by atoms with van der Waals surface area (Å²) < 4.78 is 37.7. The first-order valence-corrected chi connectivity index (χ1v) is 8.60. The molecule has 0 radical (unpaired) electrons. The van der Waals surface area contributed by atoms with E-state index in [0.29, 0.717) is 5.82 Å². The van der Waals surface area contributed by atoms with Crippen molar-refractivity contribution in [3.8, 4) is 0 Å². The zero-order valence-corrected chi connectivity index (χ0v) is 14.6. The van der Waals surface area contributed by atoms with E-state index in [4.69, 9.17) is 0 Å². The van der Waals surface area contributed by atoms with Gasteiger partial charge in [-0.1, -0.05) is 6.07 Å². The van der Waals surface area contributed by atoms with Gasteiger partial charge >= 0.3 is 6.18 Å². The molecule has 2 aromatic heterocycles. The number of nitrogens with one attached hydrogen (secondary N) is 1. The molecule has 1 unspecified atom stereocenters. The zero-order valence-electron chi connectivity index (χ0n) is 14.6. The maximum atomic E-state index is 12.6. The summed E-state index contributed by atoms with van der Waals surface area (Å²) in [6.45, 7) is 6.46. The molecule has 0 saturated carbocycles. The molecule has 140 valence electrons. The van der Waals surface area contributed by atoms with Gasteiger partial charge in [-0.25, -0.2) is 9.97 Å². The quantitative estimate of drug-likeness (QED) is 0.882. The second-order valence-electron chi connectivity index (χ2n) is 6.45. The highest BCUT2D eigenvalue weighted by Crippen LogP contribution is 2.28. The molecule has 0 aromatic carbocycles. The summed E-state index contributed by atoms with van der Waals surface area (Å²) in [5.74, 6) is 1.45. The lowest BCUT2D eigenvalue weighted by Gasteiger charge is -2.36. The predicted molar refractivity (Wildman–Crippen MR) is 95.2 cm³/mol. The molecule has 2 aromatic rings. The Kier molecular flexibility index (Phi) is 5.61. The molecule has 0 bridgehead atoms. The molecule has 26 heavy (non-hydrogen) atoms. The Morgan fingerprint density at radius 1 is 1.08 bits per heavy atom. The maximum absolute atomic E-state index is 12.6. The Bertz CT molecular complexity index is 682. The van der Waals surface area contributed by atoms with Gasteiger partial charge in [0.25, 0.3) is 0 Å². The molecular formula is C18H22F3N5. The molecular weight excluding hydrogens is 343 g/mol. The molecule has 1 aliphatic heterocycles. The van der Waals surface area contributed by atoms with Crippen LogP contribution in [0.2, 0.25) is 0 Å². The first-order valence-electron chi connectivity index (χ1n) is 8.60. The molecule has 3 rings (SSSR count). The van der Waals surface area contributed by atoms with Crippen LogP contribution in [0.3, 0.4) is 0 Å². The lowest BCUT2D eigenvalue weighted by molar-refractivity contribution is -0.137.